The Kier molecular flexibility index (Phi) is 3.26. The summed E-state index contributed by atoms with van der Waals surface area (Å²) in [4.78, 5) is 10.1. The molecule has 60 valence electrons. The van der Waals surface area contributed by atoms with E-state index >= 15 is 0 Å². The number of carbonyl (C=O) groups is 1. The van der Waals surface area contributed by atoms with Crippen molar-refractivity contribution in [1.29, 1.82) is 0 Å². The van der Waals surface area contributed by atoms with Crippen molar-refractivity contribution in [3.8, 4) is 0 Å². The molecule has 0 heterocycles. The van der Waals surface area contributed by atoms with Gasteiger partial charge < -0.3 is 9.29 Å². The lowest BCUT2D eigenvalue weighted by Gasteiger charge is -1.95. The molecule has 0 saturated carbocycles. The summed E-state index contributed by atoms with van der Waals surface area (Å²) in [6.45, 7) is -0.519. The third kappa shape index (κ3) is 5.48. The summed E-state index contributed by atoms with van der Waals surface area (Å²) >= 11 is 0. The van der Waals surface area contributed by atoms with Crippen molar-refractivity contribution in [3.63, 3.8) is 0 Å². The normalized spacial score (nSPS) is 11.0. The lowest BCUT2D eigenvalue weighted by molar-refractivity contribution is -0.135. The molecule has 0 aromatic rings. The molecule has 0 unspecified atom stereocenters. The Labute approximate surface area is 57.4 Å². The van der Waals surface area contributed by atoms with Gasteiger partial charge in [-0.1, -0.05) is 0 Å². The number of aliphatic hydroxyl groups is 1. The largest absolute Gasteiger partial charge is 0.448 e. The Morgan fingerprint density at radius 3 is 2.30 bits per heavy atom. The standard InChI is InChI=1S/C3H6O6S/c4-2-1-3(5)9-10(6,7)8/h4H,1-2H2,(H,6,7,8). The third-order valence-corrected chi connectivity index (χ3v) is 0.911. The minimum absolute atomic E-state index is 0.459. The van der Waals surface area contributed by atoms with Crippen LogP contribution >= 0.6 is 0 Å². The number of hydrogen-bond donors (Lipinski definition) is 2. The highest BCUT2D eigenvalue weighted by Gasteiger charge is 2.11. The molecule has 0 fully saturated rings. The van der Waals surface area contributed by atoms with Crippen LogP contribution in [0, 0.1) is 0 Å². The summed E-state index contributed by atoms with van der Waals surface area (Å²) in [5.74, 6) is -1.19. The van der Waals surface area contributed by atoms with Crippen LogP contribution in [0.25, 0.3) is 0 Å². The predicted octanol–water partition coefficient (Wildman–Crippen LogP) is -1.29. The smallest absolute Gasteiger partial charge is 0.396 e. The minimum Gasteiger partial charge on any atom is -0.396 e. The molecule has 0 aliphatic heterocycles. The molecule has 0 aliphatic rings. The first-order valence-electron chi connectivity index (χ1n) is 2.26. The van der Waals surface area contributed by atoms with Crippen LogP contribution in [-0.4, -0.2) is 30.7 Å². The van der Waals surface area contributed by atoms with Crippen LogP contribution in [0.15, 0.2) is 0 Å². The van der Waals surface area contributed by atoms with Gasteiger partial charge in [0.2, 0.25) is 0 Å². The first kappa shape index (κ1) is 9.34. The summed E-state index contributed by atoms with van der Waals surface area (Å²) < 4.78 is 30.8. The maximum Gasteiger partial charge on any atom is 0.448 e. The predicted molar refractivity (Wildman–Crippen MR) is 29.3 cm³/mol. The highest BCUT2D eigenvalue weighted by Crippen LogP contribution is 1.90. The molecule has 10 heavy (non-hydrogen) atoms. The van der Waals surface area contributed by atoms with Gasteiger partial charge in [-0.2, -0.15) is 8.42 Å². The number of carbonyl (C=O) groups excluding carboxylic acids is 1. The van der Waals surface area contributed by atoms with E-state index in [-0.39, 0.29) is 0 Å². The molecule has 7 heteroatoms. The minimum atomic E-state index is -4.71. The fraction of sp³-hybridized carbons (Fsp3) is 0.667. The van der Waals surface area contributed by atoms with Gasteiger partial charge in [0, 0.05) is 0 Å². The third-order valence-electron chi connectivity index (χ3n) is 0.514. The molecule has 0 spiro atoms. The van der Waals surface area contributed by atoms with Gasteiger partial charge in [0.15, 0.2) is 0 Å². The number of hydrogen-bond acceptors (Lipinski definition) is 5. The summed E-state index contributed by atoms with van der Waals surface area (Å²) in [6, 6.07) is 0. The van der Waals surface area contributed by atoms with Crippen LogP contribution in [0.2, 0.25) is 0 Å². The molecular weight excluding hydrogens is 164 g/mol. The van der Waals surface area contributed by atoms with Crippen LogP contribution in [0.1, 0.15) is 6.42 Å². The first-order chi connectivity index (χ1) is 4.45. The molecule has 0 bridgehead atoms. The molecule has 0 radical (unpaired) electrons. The van der Waals surface area contributed by atoms with E-state index in [1.807, 2.05) is 0 Å². The molecule has 0 rings (SSSR count). The van der Waals surface area contributed by atoms with Crippen molar-refractivity contribution in [2.75, 3.05) is 6.61 Å². The van der Waals surface area contributed by atoms with E-state index < -0.39 is 29.4 Å². The monoisotopic (exact) mass is 170 g/mol. The van der Waals surface area contributed by atoms with Gasteiger partial charge in [-0.3, -0.25) is 9.35 Å². The highest BCUT2D eigenvalue weighted by atomic mass is 32.3. The van der Waals surface area contributed by atoms with E-state index in [1.165, 1.54) is 0 Å². The van der Waals surface area contributed by atoms with Crippen LogP contribution in [0.4, 0.5) is 0 Å². The zero-order chi connectivity index (χ0) is 8.20. The summed E-state index contributed by atoms with van der Waals surface area (Å²) in [6.07, 6.45) is -0.459. The van der Waals surface area contributed by atoms with Crippen molar-refractivity contribution >= 4 is 16.4 Å². The Hall–Kier alpha value is -0.660. The number of rotatable bonds is 3. The molecule has 0 amide bonds. The average Bonchev–Trinajstić information content (AvgIpc) is 1.59. The topological polar surface area (TPSA) is 101 Å². The van der Waals surface area contributed by atoms with Gasteiger partial charge in [0.1, 0.15) is 0 Å². The summed E-state index contributed by atoms with van der Waals surface area (Å²) in [5.41, 5.74) is 0. The molecule has 0 aliphatic carbocycles. The molecule has 2 N–H and O–H groups in total. The quantitative estimate of drug-likeness (QED) is 0.511. The van der Waals surface area contributed by atoms with Crippen LogP contribution in [-0.2, 0) is 19.4 Å². The van der Waals surface area contributed by atoms with Gasteiger partial charge in [0.05, 0.1) is 13.0 Å². The fourth-order valence-corrected chi connectivity index (χ4v) is 0.569. The molecule has 0 aromatic carbocycles. The Bertz CT molecular complexity index is 203. The van der Waals surface area contributed by atoms with Crippen molar-refractivity contribution in [3.05, 3.63) is 0 Å². The average molecular weight is 170 g/mol. The Morgan fingerprint density at radius 1 is 1.50 bits per heavy atom. The zero-order valence-electron chi connectivity index (χ0n) is 4.85. The van der Waals surface area contributed by atoms with Gasteiger partial charge in [-0.25, -0.2) is 0 Å². The lowest BCUT2D eigenvalue weighted by Crippen LogP contribution is -2.12. The molecule has 0 atom stereocenters. The van der Waals surface area contributed by atoms with Crippen LogP contribution in [0.3, 0.4) is 0 Å². The van der Waals surface area contributed by atoms with Crippen molar-refractivity contribution in [1.82, 2.24) is 0 Å². The van der Waals surface area contributed by atoms with E-state index in [9.17, 15) is 13.2 Å². The second kappa shape index (κ2) is 3.49. The van der Waals surface area contributed by atoms with Gasteiger partial charge in [0.25, 0.3) is 0 Å². The van der Waals surface area contributed by atoms with Crippen LogP contribution < -0.4 is 0 Å². The maximum atomic E-state index is 10.1. The van der Waals surface area contributed by atoms with Crippen LogP contribution in [0.5, 0.6) is 0 Å². The van der Waals surface area contributed by atoms with Gasteiger partial charge in [-0.05, 0) is 0 Å². The first-order valence-corrected chi connectivity index (χ1v) is 3.63. The molecular formula is C3H6O6S. The maximum absolute atomic E-state index is 10.1. The number of aliphatic hydroxyl groups excluding tert-OH is 1. The van der Waals surface area contributed by atoms with Crippen molar-refractivity contribution < 1.29 is 27.1 Å². The SMILES string of the molecule is O=C(CCO)OS(=O)(=O)O. The zero-order valence-corrected chi connectivity index (χ0v) is 5.67. The van der Waals surface area contributed by atoms with E-state index in [2.05, 4.69) is 4.18 Å². The molecule has 0 saturated heterocycles. The van der Waals surface area contributed by atoms with E-state index in [0.29, 0.717) is 0 Å². The van der Waals surface area contributed by atoms with E-state index in [4.69, 9.17) is 9.66 Å². The second-order valence-electron chi connectivity index (χ2n) is 1.36. The van der Waals surface area contributed by atoms with Gasteiger partial charge in [-0.15, -0.1) is 0 Å². The van der Waals surface area contributed by atoms with Gasteiger partial charge >= 0.3 is 16.4 Å². The Morgan fingerprint density at radius 2 is 2.00 bits per heavy atom. The molecule has 0 aromatic heterocycles. The molecule has 6 nitrogen and oxygen atoms in total. The van der Waals surface area contributed by atoms with Crippen molar-refractivity contribution in [2.24, 2.45) is 0 Å². The summed E-state index contributed by atoms with van der Waals surface area (Å²) in [5, 5.41) is 8.06. The summed E-state index contributed by atoms with van der Waals surface area (Å²) in [7, 11) is -4.71. The fourth-order valence-electron chi connectivity index (χ4n) is 0.250. The van der Waals surface area contributed by atoms with E-state index in [1.54, 1.807) is 0 Å². The Balaban J connectivity index is 3.82. The highest BCUT2D eigenvalue weighted by molar-refractivity contribution is 7.81. The second-order valence-corrected chi connectivity index (χ2v) is 2.38. The van der Waals surface area contributed by atoms with Crippen molar-refractivity contribution in [2.45, 2.75) is 6.42 Å². The lowest BCUT2D eigenvalue weighted by atomic mass is 10.5. The van der Waals surface area contributed by atoms with E-state index in [0.717, 1.165) is 0 Å².